The van der Waals surface area contributed by atoms with Crippen molar-refractivity contribution in [3.8, 4) is 0 Å². The van der Waals surface area contributed by atoms with Gasteiger partial charge in [-0.2, -0.15) is 0 Å². The Morgan fingerprint density at radius 3 is 1.75 bits per heavy atom. The van der Waals surface area contributed by atoms with Gasteiger partial charge in [0.25, 0.3) is 0 Å². The molecule has 0 saturated heterocycles. The van der Waals surface area contributed by atoms with Crippen LogP contribution in [0, 0.1) is 0 Å². The van der Waals surface area contributed by atoms with Crippen molar-refractivity contribution < 1.29 is 0 Å². The van der Waals surface area contributed by atoms with Crippen LogP contribution in [0.5, 0.6) is 0 Å². The number of nitrogens with zero attached hydrogens (tertiary/aromatic N) is 2. The molecule has 0 unspecified atom stereocenters. The minimum atomic E-state index is 0.673. The topological polar surface area (TPSA) is 25.8 Å². The Labute approximate surface area is 147 Å². The standard InChI is InChI=1S/C12H10N2S4Se2/c1-5-6(2)20-12-11(19-5)17-10(18-12)9-15-7-8(16-9)14-4-3-13-7/h3-6H,1-2H3/t5-,6+. The zero-order valence-electron chi connectivity index (χ0n) is 10.7. The molecular formula is C12H10N2S4Se2. The first kappa shape index (κ1) is 14.6. The Bertz CT molecular complexity index is 595. The Balaban J connectivity index is 1.58. The van der Waals surface area contributed by atoms with Crippen molar-refractivity contribution in [2.75, 3.05) is 0 Å². The van der Waals surface area contributed by atoms with Gasteiger partial charge in [-0.15, -0.1) is 0 Å². The van der Waals surface area contributed by atoms with Crippen LogP contribution in [-0.2, 0) is 0 Å². The van der Waals surface area contributed by atoms with Gasteiger partial charge in [-0.05, 0) is 0 Å². The van der Waals surface area contributed by atoms with Crippen LogP contribution in [0.2, 0.25) is 9.63 Å². The molecule has 2 atom stereocenters. The van der Waals surface area contributed by atoms with E-state index in [-0.39, 0.29) is 0 Å². The normalized spacial score (nSPS) is 28.9. The molecule has 4 heterocycles. The summed E-state index contributed by atoms with van der Waals surface area (Å²) in [5, 5.41) is 2.15. The van der Waals surface area contributed by atoms with Gasteiger partial charge in [-0.3, -0.25) is 0 Å². The molecule has 0 radical (unpaired) electrons. The molecule has 20 heavy (non-hydrogen) atoms. The second-order valence-corrected chi connectivity index (χ2v) is 15.9. The van der Waals surface area contributed by atoms with Crippen LogP contribution in [0.15, 0.2) is 38.5 Å². The Morgan fingerprint density at radius 1 is 0.800 bits per heavy atom. The van der Waals surface area contributed by atoms with Crippen molar-refractivity contribution in [2.45, 2.75) is 33.5 Å². The second kappa shape index (κ2) is 5.89. The molecule has 0 aromatic carbocycles. The third-order valence-electron chi connectivity index (χ3n) is 2.96. The summed E-state index contributed by atoms with van der Waals surface area (Å²) in [5.41, 5.74) is 0. The van der Waals surface area contributed by atoms with E-state index in [1.807, 2.05) is 23.5 Å². The third kappa shape index (κ3) is 2.67. The van der Waals surface area contributed by atoms with Gasteiger partial charge in [-0.25, -0.2) is 0 Å². The number of fused-ring (bicyclic) bond motifs is 1. The molecule has 1 aromatic heterocycles. The molecule has 0 bridgehead atoms. The van der Waals surface area contributed by atoms with E-state index >= 15 is 0 Å². The van der Waals surface area contributed by atoms with Crippen LogP contribution in [0.1, 0.15) is 13.8 Å². The summed E-state index contributed by atoms with van der Waals surface area (Å²) in [5.74, 6) is 0. The summed E-state index contributed by atoms with van der Waals surface area (Å²) in [4.78, 5) is 10.6. The molecule has 8 heteroatoms. The van der Waals surface area contributed by atoms with E-state index in [2.05, 4.69) is 23.8 Å². The fraction of sp³-hybridized carbons (Fsp3) is 0.333. The van der Waals surface area contributed by atoms with Gasteiger partial charge in [0.15, 0.2) is 0 Å². The van der Waals surface area contributed by atoms with Crippen molar-refractivity contribution in [1.29, 1.82) is 0 Å². The zero-order valence-corrected chi connectivity index (χ0v) is 17.3. The van der Waals surface area contributed by atoms with Gasteiger partial charge < -0.3 is 0 Å². The van der Waals surface area contributed by atoms with Crippen LogP contribution in [-0.4, -0.2) is 39.9 Å². The van der Waals surface area contributed by atoms with Gasteiger partial charge in [0.2, 0.25) is 0 Å². The van der Waals surface area contributed by atoms with Gasteiger partial charge in [0.05, 0.1) is 0 Å². The fourth-order valence-corrected chi connectivity index (χ4v) is 16.2. The number of hydrogen-bond acceptors (Lipinski definition) is 6. The first-order valence-corrected chi connectivity index (χ1v) is 13.0. The Morgan fingerprint density at radius 2 is 1.25 bits per heavy atom. The average Bonchev–Trinajstić information content (AvgIpc) is 3.02. The molecular weight excluding hydrogens is 458 g/mol. The molecule has 0 spiro atoms. The van der Waals surface area contributed by atoms with Crippen LogP contribution >= 0.6 is 47.0 Å². The SMILES string of the molecule is C[C@@H]1[Se]C2=C(SC(=C3Sc4nccnc4S3)S2)[Se][C@@H]1C. The summed E-state index contributed by atoms with van der Waals surface area (Å²) in [6.07, 6.45) is 3.57. The van der Waals surface area contributed by atoms with E-state index in [9.17, 15) is 0 Å². The summed E-state index contributed by atoms with van der Waals surface area (Å²) >= 11 is 9.01. The van der Waals surface area contributed by atoms with E-state index in [0.717, 1.165) is 19.7 Å². The molecule has 104 valence electrons. The first-order chi connectivity index (χ1) is 9.70. The van der Waals surface area contributed by atoms with Gasteiger partial charge in [0, 0.05) is 0 Å². The maximum absolute atomic E-state index is 4.42. The monoisotopic (exact) mass is 470 g/mol. The Kier molecular flexibility index (Phi) is 4.30. The van der Waals surface area contributed by atoms with Crippen molar-refractivity contribution in [3.63, 3.8) is 0 Å². The molecule has 3 aliphatic heterocycles. The second-order valence-electron chi connectivity index (χ2n) is 4.37. The number of aromatic nitrogens is 2. The first-order valence-electron chi connectivity index (χ1n) is 6.05. The van der Waals surface area contributed by atoms with Crippen molar-refractivity contribution in [2.24, 2.45) is 0 Å². The van der Waals surface area contributed by atoms with Crippen molar-refractivity contribution >= 4 is 77.0 Å². The number of hydrogen-bond donors (Lipinski definition) is 0. The van der Waals surface area contributed by atoms with Crippen LogP contribution < -0.4 is 0 Å². The summed E-state index contributed by atoms with van der Waals surface area (Å²) in [6, 6.07) is 0. The van der Waals surface area contributed by atoms with E-state index in [1.165, 1.54) is 8.47 Å². The molecule has 1 aromatic rings. The summed E-state index contributed by atoms with van der Waals surface area (Å²) in [6.45, 7) is 4.85. The van der Waals surface area contributed by atoms with Crippen LogP contribution in [0.25, 0.3) is 0 Å². The quantitative estimate of drug-likeness (QED) is 0.523. The van der Waals surface area contributed by atoms with Gasteiger partial charge in [-0.1, -0.05) is 0 Å². The van der Waals surface area contributed by atoms with Gasteiger partial charge in [0.1, 0.15) is 0 Å². The molecule has 0 N–H and O–H groups in total. The third-order valence-corrected chi connectivity index (χ3v) is 17.2. The summed E-state index contributed by atoms with van der Waals surface area (Å²) < 4.78 is 6.28. The van der Waals surface area contributed by atoms with Gasteiger partial charge >= 0.3 is 149 Å². The van der Waals surface area contributed by atoms with Crippen molar-refractivity contribution in [1.82, 2.24) is 9.97 Å². The molecule has 0 saturated carbocycles. The predicted octanol–water partition coefficient (Wildman–Crippen LogP) is 4.45. The minimum absolute atomic E-state index is 0.673. The molecule has 4 rings (SSSR count). The molecule has 0 fully saturated rings. The zero-order chi connectivity index (χ0) is 13.7. The number of thioether (sulfide) groups is 4. The van der Waals surface area contributed by atoms with E-state index in [4.69, 9.17) is 0 Å². The number of rotatable bonds is 0. The molecule has 0 aliphatic carbocycles. The van der Waals surface area contributed by atoms with E-state index < -0.39 is 0 Å². The average molecular weight is 468 g/mol. The molecule has 0 amide bonds. The Hall–Kier alpha value is 0.999. The fourth-order valence-electron chi connectivity index (χ4n) is 1.76. The van der Waals surface area contributed by atoms with Crippen LogP contribution in [0.4, 0.5) is 0 Å². The summed E-state index contributed by atoms with van der Waals surface area (Å²) in [7, 11) is 0. The van der Waals surface area contributed by atoms with E-state index in [1.54, 1.807) is 43.5 Å². The maximum atomic E-state index is 4.42. The predicted molar refractivity (Wildman–Crippen MR) is 93.3 cm³/mol. The molecule has 2 nitrogen and oxygen atoms in total. The molecule has 3 aliphatic rings. The van der Waals surface area contributed by atoms with Crippen molar-refractivity contribution in [3.05, 3.63) is 28.5 Å². The van der Waals surface area contributed by atoms with E-state index in [0.29, 0.717) is 29.9 Å². The van der Waals surface area contributed by atoms with Crippen LogP contribution in [0.3, 0.4) is 0 Å².